The molecule has 2 heterocycles. The zero-order valence-corrected chi connectivity index (χ0v) is 19.1. The number of imidazole rings is 1. The molecule has 0 bridgehead atoms. The van der Waals surface area contributed by atoms with Gasteiger partial charge in [0.15, 0.2) is 0 Å². The number of hydrogen-bond donors (Lipinski definition) is 3. The first kappa shape index (κ1) is 22.6. The van der Waals surface area contributed by atoms with Gasteiger partial charge in [-0.05, 0) is 55.2 Å². The fourth-order valence-electron chi connectivity index (χ4n) is 3.81. The lowest BCUT2D eigenvalue weighted by Crippen LogP contribution is -2.25. The number of aliphatic imine (C=N–C) groups is 1. The quantitative estimate of drug-likeness (QED) is 0.405. The van der Waals surface area contributed by atoms with Crippen molar-refractivity contribution in [2.24, 2.45) is 4.99 Å². The Kier molecular flexibility index (Phi) is 6.75. The molecule has 1 atom stereocenters. The predicted molar refractivity (Wildman–Crippen MR) is 135 cm³/mol. The summed E-state index contributed by atoms with van der Waals surface area (Å²) in [6.45, 7) is 5.97. The highest BCUT2D eigenvalue weighted by Crippen LogP contribution is 2.29. The molecule has 6 nitrogen and oxygen atoms in total. The average molecular weight is 461 g/mol. The Balaban J connectivity index is 1.75. The van der Waals surface area contributed by atoms with Crippen LogP contribution in [0.2, 0.25) is 5.02 Å². The monoisotopic (exact) mass is 460 g/mol. The van der Waals surface area contributed by atoms with Crippen molar-refractivity contribution in [3.63, 3.8) is 0 Å². The number of amides is 1. The summed E-state index contributed by atoms with van der Waals surface area (Å²) in [4.78, 5) is 35.2. The first-order chi connectivity index (χ1) is 16.0. The van der Waals surface area contributed by atoms with Crippen molar-refractivity contribution in [3.8, 4) is 0 Å². The Bertz CT molecular complexity index is 1360. The van der Waals surface area contributed by atoms with Crippen molar-refractivity contribution in [2.45, 2.75) is 32.2 Å². The number of rotatable bonds is 7. The molecule has 2 aromatic carbocycles. The number of anilines is 1. The molecule has 1 amide bonds. The number of aromatic nitrogens is 2. The summed E-state index contributed by atoms with van der Waals surface area (Å²) in [6, 6.07) is 10.3. The second kappa shape index (κ2) is 9.88. The molecule has 0 spiro atoms. The van der Waals surface area contributed by atoms with Crippen LogP contribution in [-0.2, 0) is 4.79 Å². The number of aromatic amines is 2. The second-order valence-electron chi connectivity index (χ2n) is 7.83. The molecule has 0 saturated carbocycles. The molecule has 1 aromatic heterocycles. The van der Waals surface area contributed by atoms with Gasteiger partial charge in [0.1, 0.15) is 6.04 Å². The first-order valence-corrected chi connectivity index (χ1v) is 11.3. The van der Waals surface area contributed by atoms with Crippen LogP contribution in [0.3, 0.4) is 0 Å². The van der Waals surface area contributed by atoms with Gasteiger partial charge in [-0.1, -0.05) is 55.5 Å². The van der Waals surface area contributed by atoms with E-state index in [1.807, 2.05) is 36.4 Å². The lowest BCUT2D eigenvalue weighted by Gasteiger charge is -2.11. The van der Waals surface area contributed by atoms with Gasteiger partial charge in [0.2, 0.25) is 5.91 Å². The van der Waals surface area contributed by atoms with Crippen molar-refractivity contribution in [1.29, 1.82) is 0 Å². The van der Waals surface area contributed by atoms with Gasteiger partial charge in [-0.25, -0.2) is 4.79 Å². The molecule has 168 valence electrons. The van der Waals surface area contributed by atoms with Gasteiger partial charge in [-0.3, -0.25) is 9.79 Å². The second-order valence-corrected chi connectivity index (χ2v) is 8.27. The van der Waals surface area contributed by atoms with Crippen molar-refractivity contribution >= 4 is 39.9 Å². The number of allylic oxidation sites excluding steroid dienone is 5. The Morgan fingerprint density at radius 2 is 1.97 bits per heavy atom. The number of benzodiazepines with no additional fused rings is 1. The van der Waals surface area contributed by atoms with E-state index >= 15 is 0 Å². The lowest BCUT2D eigenvalue weighted by atomic mass is 10.00. The highest BCUT2D eigenvalue weighted by Gasteiger charge is 2.26. The molecule has 7 heteroatoms. The number of carbonyl (C=O) groups excluding carboxylic acids is 1. The molecular weight excluding hydrogens is 436 g/mol. The van der Waals surface area contributed by atoms with Crippen LogP contribution in [0.25, 0.3) is 11.0 Å². The number of H-pyrrole nitrogens is 2. The van der Waals surface area contributed by atoms with Crippen molar-refractivity contribution < 1.29 is 4.79 Å². The normalized spacial score (nSPS) is 16.4. The van der Waals surface area contributed by atoms with E-state index in [9.17, 15) is 9.59 Å². The number of fused-ring (bicyclic) bond motifs is 2. The molecule has 1 aliphatic rings. The standard InChI is InChI=1S/C26H25ClN4O2/c1-3-5-6-7-16(4-2)8-11-22-25(32)29-20-13-10-18(27)15-19(20)24(28-22)17-9-12-21-23(14-17)31-26(33)30-21/h4-7,9-10,12-15,22H,2-3,8,11H2,1H3,(H,29,32)(H2,30,31,33)/b6-5-,16-7+. The van der Waals surface area contributed by atoms with E-state index < -0.39 is 6.04 Å². The Morgan fingerprint density at radius 1 is 1.15 bits per heavy atom. The molecule has 4 rings (SSSR count). The summed E-state index contributed by atoms with van der Waals surface area (Å²) < 4.78 is 0. The maximum atomic E-state index is 13.1. The largest absolute Gasteiger partial charge is 0.324 e. The predicted octanol–water partition coefficient (Wildman–Crippen LogP) is 5.53. The zero-order valence-electron chi connectivity index (χ0n) is 18.3. The first-order valence-electron chi connectivity index (χ1n) is 10.9. The van der Waals surface area contributed by atoms with Gasteiger partial charge >= 0.3 is 5.69 Å². The van der Waals surface area contributed by atoms with Crippen LogP contribution in [0, 0.1) is 0 Å². The van der Waals surface area contributed by atoms with E-state index in [1.54, 1.807) is 18.2 Å². The summed E-state index contributed by atoms with van der Waals surface area (Å²) in [5, 5.41) is 3.55. The van der Waals surface area contributed by atoms with Crippen LogP contribution in [0.1, 0.15) is 37.3 Å². The number of benzene rings is 2. The van der Waals surface area contributed by atoms with Crippen LogP contribution in [-0.4, -0.2) is 27.6 Å². The fourth-order valence-corrected chi connectivity index (χ4v) is 3.98. The SMILES string of the molecule is C=C/C(=C\C=C/CC)CCC1N=C(c2ccc3[nH]c(=O)[nH]c3c2)c2cc(Cl)ccc2NC1=O. The van der Waals surface area contributed by atoms with Crippen LogP contribution in [0.4, 0.5) is 5.69 Å². The average Bonchev–Trinajstić information content (AvgIpc) is 3.11. The summed E-state index contributed by atoms with van der Waals surface area (Å²) in [5.41, 5.74) is 4.96. The van der Waals surface area contributed by atoms with Crippen LogP contribution in [0.15, 0.2) is 82.6 Å². The van der Waals surface area contributed by atoms with Crippen LogP contribution in [0.5, 0.6) is 0 Å². The molecule has 1 unspecified atom stereocenters. The third kappa shape index (κ3) is 5.07. The minimum absolute atomic E-state index is 0.169. The number of hydrogen-bond acceptors (Lipinski definition) is 3. The Hall–Kier alpha value is -3.64. The van der Waals surface area contributed by atoms with Gasteiger partial charge in [-0.15, -0.1) is 0 Å². The van der Waals surface area contributed by atoms with Crippen molar-refractivity contribution in [3.05, 3.63) is 99.5 Å². The van der Waals surface area contributed by atoms with Crippen LogP contribution >= 0.6 is 11.6 Å². The molecular formula is C26H25ClN4O2. The maximum absolute atomic E-state index is 13.1. The highest BCUT2D eigenvalue weighted by molar-refractivity contribution is 6.32. The summed E-state index contributed by atoms with van der Waals surface area (Å²) >= 11 is 6.29. The van der Waals surface area contributed by atoms with Gasteiger partial charge in [0, 0.05) is 16.1 Å². The van der Waals surface area contributed by atoms with E-state index in [4.69, 9.17) is 16.6 Å². The van der Waals surface area contributed by atoms with E-state index in [2.05, 4.69) is 34.9 Å². The number of nitrogens with zero attached hydrogens (tertiary/aromatic N) is 1. The number of nitrogens with one attached hydrogen (secondary N) is 3. The van der Waals surface area contributed by atoms with Crippen LogP contribution < -0.4 is 11.0 Å². The van der Waals surface area contributed by atoms with Gasteiger partial charge in [-0.2, -0.15) is 0 Å². The van der Waals surface area contributed by atoms with Gasteiger partial charge < -0.3 is 15.3 Å². The van der Waals surface area contributed by atoms with Gasteiger partial charge in [0.25, 0.3) is 0 Å². The summed E-state index contributed by atoms with van der Waals surface area (Å²) in [7, 11) is 0. The van der Waals surface area contributed by atoms with E-state index in [1.165, 1.54) is 0 Å². The Labute approximate surface area is 196 Å². The molecule has 0 radical (unpaired) electrons. The van der Waals surface area contributed by atoms with E-state index in [-0.39, 0.29) is 11.6 Å². The molecule has 0 saturated heterocycles. The van der Waals surface area contributed by atoms with E-state index in [0.717, 1.165) is 23.1 Å². The maximum Gasteiger partial charge on any atom is 0.323 e. The molecule has 3 N–H and O–H groups in total. The molecule has 0 aliphatic carbocycles. The topological polar surface area (TPSA) is 90.1 Å². The molecule has 0 fully saturated rings. The fraction of sp³-hybridized carbons (Fsp3) is 0.192. The summed E-state index contributed by atoms with van der Waals surface area (Å²) in [6.07, 6.45) is 10.0. The lowest BCUT2D eigenvalue weighted by molar-refractivity contribution is -0.117. The molecule has 1 aliphatic heterocycles. The zero-order chi connectivity index (χ0) is 23.4. The minimum Gasteiger partial charge on any atom is -0.324 e. The third-order valence-electron chi connectivity index (χ3n) is 5.52. The molecule has 3 aromatic rings. The third-order valence-corrected chi connectivity index (χ3v) is 5.76. The van der Waals surface area contributed by atoms with E-state index in [0.29, 0.717) is 40.3 Å². The Morgan fingerprint density at radius 3 is 2.76 bits per heavy atom. The van der Waals surface area contributed by atoms with Crippen molar-refractivity contribution in [1.82, 2.24) is 9.97 Å². The minimum atomic E-state index is -0.592. The highest BCUT2D eigenvalue weighted by atomic mass is 35.5. The number of halogens is 1. The van der Waals surface area contributed by atoms with Crippen molar-refractivity contribution in [2.75, 3.05) is 5.32 Å². The molecule has 33 heavy (non-hydrogen) atoms. The summed E-state index contributed by atoms with van der Waals surface area (Å²) in [5.74, 6) is -0.169. The van der Waals surface area contributed by atoms with Gasteiger partial charge in [0.05, 0.1) is 22.4 Å². The number of carbonyl (C=O) groups is 1. The smallest absolute Gasteiger partial charge is 0.323 e.